The maximum Gasteiger partial charge on any atom is 0.433 e. The molecule has 13 heteroatoms. The highest BCUT2D eigenvalue weighted by Crippen LogP contribution is 2.34. The van der Waals surface area contributed by atoms with Gasteiger partial charge in [0.15, 0.2) is 15.7 Å². The number of hydrogen-bond donors (Lipinski definition) is 0. The van der Waals surface area contributed by atoms with E-state index in [0.717, 1.165) is 25.1 Å². The second-order valence-electron chi connectivity index (χ2n) is 7.47. The third kappa shape index (κ3) is 4.10. The van der Waals surface area contributed by atoms with E-state index in [9.17, 15) is 25.8 Å². The molecule has 1 aliphatic rings. The second kappa shape index (κ2) is 7.80. The summed E-state index contributed by atoms with van der Waals surface area (Å²) in [4.78, 5) is 11.7. The summed E-state index contributed by atoms with van der Waals surface area (Å²) in [5, 5.41) is 0. The molecule has 4 heterocycles. The Bertz CT molecular complexity index is 1430. The van der Waals surface area contributed by atoms with Crippen molar-refractivity contribution in [1.29, 1.82) is 0 Å². The molecular formula is C19H20F3N5O3S2. The van der Waals surface area contributed by atoms with Crippen LogP contribution in [0.4, 0.5) is 18.9 Å². The minimum atomic E-state index is -4.64. The minimum absolute atomic E-state index is 0.00847. The number of alkyl halides is 3. The molecule has 0 radical (unpaired) electrons. The lowest BCUT2D eigenvalue weighted by Gasteiger charge is -2.10. The predicted octanol–water partition coefficient (Wildman–Crippen LogP) is 3.74. The van der Waals surface area contributed by atoms with Crippen LogP contribution in [0.15, 0.2) is 33.8 Å². The Morgan fingerprint density at radius 2 is 1.84 bits per heavy atom. The van der Waals surface area contributed by atoms with Gasteiger partial charge in [-0.15, -0.1) is 0 Å². The SMILES string of the molecule is CCS(=O)(=O)c1cc(N=S2(=O)CCCC2)cnc1-c1nc2cc(C(F)(F)F)ncc2n1C. The summed E-state index contributed by atoms with van der Waals surface area (Å²) < 4.78 is 83.2. The first kappa shape index (κ1) is 22.6. The number of fused-ring (bicyclic) bond motifs is 1. The summed E-state index contributed by atoms with van der Waals surface area (Å²) in [6.45, 7) is 1.47. The minimum Gasteiger partial charge on any atom is -0.324 e. The summed E-state index contributed by atoms with van der Waals surface area (Å²) in [5.41, 5.74) is -0.628. The number of rotatable bonds is 4. The monoisotopic (exact) mass is 487 g/mol. The maximum atomic E-state index is 13.0. The van der Waals surface area contributed by atoms with Gasteiger partial charge in [-0.2, -0.15) is 17.5 Å². The van der Waals surface area contributed by atoms with E-state index in [4.69, 9.17) is 0 Å². The number of imidazole rings is 1. The van der Waals surface area contributed by atoms with Crippen molar-refractivity contribution in [2.24, 2.45) is 11.4 Å². The van der Waals surface area contributed by atoms with Crippen molar-refractivity contribution < 1.29 is 25.8 Å². The van der Waals surface area contributed by atoms with Crippen molar-refractivity contribution in [3.05, 3.63) is 30.2 Å². The summed E-state index contributed by atoms with van der Waals surface area (Å²) in [6.07, 6.45) is -0.699. The molecule has 1 aliphatic heterocycles. The van der Waals surface area contributed by atoms with Gasteiger partial charge in [-0.1, -0.05) is 6.92 Å². The van der Waals surface area contributed by atoms with Crippen LogP contribution in [0.2, 0.25) is 0 Å². The van der Waals surface area contributed by atoms with Gasteiger partial charge in [0.2, 0.25) is 0 Å². The third-order valence-corrected chi connectivity index (χ3v) is 9.41. The Balaban J connectivity index is 1.92. The number of nitrogens with zero attached hydrogens (tertiary/aromatic N) is 5. The van der Waals surface area contributed by atoms with E-state index in [-0.39, 0.29) is 38.9 Å². The molecule has 0 unspecified atom stereocenters. The molecule has 8 nitrogen and oxygen atoms in total. The molecule has 0 bridgehead atoms. The van der Waals surface area contributed by atoms with E-state index in [1.165, 1.54) is 30.8 Å². The van der Waals surface area contributed by atoms with Crippen molar-refractivity contribution in [3.8, 4) is 11.5 Å². The molecule has 0 spiro atoms. The largest absolute Gasteiger partial charge is 0.433 e. The highest BCUT2D eigenvalue weighted by Gasteiger charge is 2.33. The van der Waals surface area contributed by atoms with Gasteiger partial charge in [0.25, 0.3) is 0 Å². The fourth-order valence-corrected chi connectivity index (χ4v) is 6.77. The van der Waals surface area contributed by atoms with E-state index in [1.807, 2.05) is 0 Å². The van der Waals surface area contributed by atoms with Gasteiger partial charge in [-0.05, 0) is 25.0 Å². The molecule has 0 aliphatic carbocycles. The van der Waals surface area contributed by atoms with E-state index < -0.39 is 31.4 Å². The van der Waals surface area contributed by atoms with Crippen molar-refractivity contribution in [2.75, 3.05) is 17.3 Å². The maximum absolute atomic E-state index is 13.0. The Kier molecular flexibility index (Phi) is 5.52. The molecule has 172 valence electrons. The summed E-state index contributed by atoms with van der Waals surface area (Å²) in [5.74, 6) is 0.739. The third-order valence-electron chi connectivity index (χ3n) is 5.27. The summed E-state index contributed by atoms with van der Waals surface area (Å²) in [7, 11) is -4.71. The molecule has 3 aromatic heterocycles. The molecule has 1 fully saturated rings. The summed E-state index contributed by atoms with van der Waals surface area (Å²) >= 11 is 0. The van der Waals surface area contributed by atoms with Crippen LogP contribution < -0.4 is 0 Å². The summed E-state index contributed by atoms with van der Waals surface area (Å²) in [6, 6.07) is 2.12. The zero-order valence-electron chi connectivity index (χ0n) is 17.3. The standard InChI is InChI=1S/C19H20F3N5O3S2/c1-3-32(29,30)15-8-12(26-31(28)6-4-5-7-31)10-24-17(15)18-25-13-9-16(19(20,21)22)23-11-14(13)27(18)2/h8-11H,3-7H2,1-2H3. The van der Waals surface area contributed by atoms with Crippen LogP contribution in [-0.2, 0) is 32.8 Å². The van der Waals surface area contributed by atoms with Gasteiger partial charge < -0.3 is 4.57 Å². The highest BCUT2D eigenvalue weighted by atomic mass is 32.2. The first-order valence-electron chi connectivity index (χ1n) is 9.79. The van der Waals surface area contributed by atoms with Gasteiger partial charge in [0, 0.05) is 18.6 Å². The first-order valence-corrected chi connectivity index (χ1v) is 13.3. The molecule has 0 atom stereocenters. The lowest BCUT2D eigenvalue weighted by Crippen LogP contribution is -2.09. The van der Waals surface area contributed by atoms with Gasteiger partial charge in [-0.25, -0.2) is 27.6 Å². The fourth-order valence-electron chi connectivity index (χ4n) is 3.54. The average Bonchev–Trinajstić information content (AvgIpc) is 3.30. The van der Waals surface area contributed by atoms with Crippen LogP contribution in [0.3, 0.4) is 0 Å². The number of hydrogen-bond acceptors (Lipinski definition) is 7. The van der Waals surface area contributed by atoms with Crippen molar-refractivity contribution in [3.63, 3.8) is 0 Å². The predicted molar refractivity (Wildman–Crippen MR) is 114 cm³/mol. The molecule has 3 aromatic rings. The topological polar surface area (TPSA) is 107 Å². The molecule has 0 N–H and O–H groups in total. The normalized spacial score (nSPS) is 16.5. The molecule has 0 aromatic carbocycles. The van der Waals surface area contributed by atoms with Crippen LogP contribution in [0.25, 0.3) is 22.6 Å². The van der Waals surface area contributed by atoms with Gasteiger partial charge in [0.1, 0.15) is 11.4 Å². The molecule has 4 rings (SSSR count). The number of aromatic nitrogens is 4. The highest BCUT2D eigenvalue weighted by molar-refractivity contribution is 7.94. The van der Waals surface area contributed by atoms with Gasteiger partial charge >= 0.3 is 6.18 Å². The molecule has 0 amide bonds. The average molecular weight is 488 g/mol. The molecule has 32 heavy (non-hydrogen) atoms. The van der Waals surface area contributed by atoms with Crippen molar-refractivity contribution in [2.45, 2.75) is 30.8 Å². The first-order chi connectivity index (χ1) is 14.9. The Morgan fingerprint density at radius 3 is 2.47 bits per heavy atom. The van der Waals surface area contributed by atoms with Crippen LogP contribution >= 0.6 is 0 Å². The zero-order chi connectivity index (χ0) is 23.3. The second-order valence-corrected chi connectivity index (χ2v) is 12.3. The van der Waals surface area contributed by atoms with Crippen LogP contribution in [0, 0.1) is 0 Å². The smallest absolute Gasteiger partial charge is 0.324 e. The van der Waals surface area contributed by atoms with Crippen molar-refractivity contribution >= 4 is 36.3 Å². The van der Waals surface area contributed by atoms with Crippen LogP contribution in [0.1, 0.15) is 25.5 Å². The number of sulfone groups is 1. The number of pyridine rings is 2. The number of aryl methyl sites for hydroxylation is 1. The molecule has 0 saturated carbocycles. The van der Waals surface area contributed by atoms with Crippen LogP contribution in [-0.4, -0.2) is 49.4 Å². The van der Waals surface area contributed by atoms with Crippen molar-refractivity contribution in [1.82, 2.24) is 19.5 Å². The van der Waals surface area contributed by atoms with E-state index in [0.29, 0.717) is 11.5 Å². The number of halogens is 3. The molecular weight excluding hydrogens is 467 g/mol. The van der Waals surface area contributed by atoms with Gasteiger partial charge in [0.05, 0.1) is 49.5 Å². The van der Waals surface area contributed by atoms with Crippen LogP contribution in [0.5, 0.6) is 0 Å². The lowest BCUT2D eigenvalue weighted by molar-refractivity contribution is -0.141. The molecule has 1 saturated heterocycles. The van der Waals surface area contributed by atoms with E-state index in [1.54, 1.807) is 0 Å². The fraction of sp³-hybridized carbons (Fsp3) is 0.421. The van der Waals surface area contributed by atoms with E-state index in [2.05, 4.69) is 19.3 Å². The quantitative estimate of drug-likeness (QED) is 0.555. The Morgan fingerprint density at radius 1 is 1.16 bits per heavy atom. The van der Waals surface area contributed by atoms with Gasteiger partial charge in [-0.3, -0.25) is 0 Å². The lowest BCUT2D eigenvalue weighted by atomic mass is 10.3. The van der Waals surface area contributed by atoms with E-state index >= 15 is 0 Å². The zero-order valence-corrected chi connectivity index (χ0v) is 18.9. The Hall–Kier alpha value is -2.54. The Labute approximate surface area is 183 Å².